The van der Waals surface area contributed by atoms with E-state index in [2.05, 4.69) is 5.32 Å². The van der Waals surface area contributed by atoms with Crippen molar-refractivity contribution in [3.63, 3.8) is 0 Å². The molecule has 0 bridgehead atoms. The molecule has 21 heavy (non-hydrogen) atoms. The molecular weight excluding hydrogens is 288 g/mol. The van der Waals surface area contributed by atoms with E-state index in [1.807, 2.05) is 19.1 Å². The highest BCUT2D eigenvalue weighted by molar-refractivity contribution is 6.30. The van der Waals surface area contributed by atoms with Crippen molar-refractivity contribution in [3.8, 4) is 5.75 Å². The van der Waals surface area contributed by atoms with Crippen molar-refractivity contribution >= 4 is 17.5 Å². The van der Waals surface area contributed by atoms with Gasteiger partial charge in [0.2, 0.25) is 5.91 Å². The third-order valence-electron chi connectivity index (χ3n) is 4.01. The van der Waals surface area contributed by atoms with Crippen molar-refractivity contribution in [1.29, 1.82) is 0 Å². The summed E-state index contributed by atoms with van der Waals surface area (Å²) in [5.41, 5.74) is 5.72. The lowest BCUT2D eigenvalue weighted by atomic mass is 9.95. The van der Waals surface area contributed by atoms with E-state index in [-0.39, 0.29) is 17.9 Å². The van der Waals surface area contributed by atoms with E-state index in [1.54, 1.807) is 12.1 Å². The van der Waals surface area contributed by atoms with Gasteiger partial charge in [0, 0.05) is 10.9 Å². The molecule has 0 heterocycles. The number of nitrogens with one attached hydrogen (secondary N) is 1. The fourth-order valence-electron chi connectivity index (χ4n) is 2.83. The number of benzene rings is 1. The molecule has 1 unspecified atom stereocenters. The zero-order valence-electron chi connectivity index (χ0n) is 12.3. The van der Waals surface area contributed by atoms with Crippen LogP contribution in [0.5, 0.6) is 5.75 Å². The number of amides is 1. The van der Waals surface area contributed by atoms with Gasteiger partial charge in [0.15, 0.2) is 0 Å². The molecule has 1 saturated carbocycles. The molecule has 0 spiro atoms. The van der Waals surface area contributed by atoms with Crippen molar-refractivity contribution < 1.29 is 9.53 Å². The van der Waals surface area contributed by atoms with E-state index >= 15 is 0 Å². The van der Waals surface area contributed by atoms with Crippen molar-refractivity contribution in [2.75, 3.05) is 13.1 Å². The van der Waals surface area contributed by atoms with Gasteiger partial charge >= 0.3 is 0 Å². The summed E-state index contributed by atoms with van der Waals surface area (Å²) in [7, 11) is 0. The minimum atomic E-state index is -0.0899. The Kier molecular flexibility index (Phi) is 5.88. The standard InChI is InChI=1S/C16H23ClN2O2/c1-11(21-14-7-5-13(17)6-8-14)10-19-16(20)15-4-2-3-12(15)9-18/h5-8,11-12,15H,2-4,9-10,18H2,1H3,(H,19,20)/t11?,12-,15-/m1/s1. The lowest BCUT2D eigenvalue weighted by Gasteiger charge is -2.20. The van der Waals surface area contributed by atoms with Crippen molar-refractivity contribution in [3.05, 3.63) is 29.3 Å². The second kappa shape index (κ2) is 7.66. The monoisotopic (exact) mass is 310 g/mol. The Hall–Kier alpha value is -1.26. The van der Waals surface area contributed by atoms with Crippen LogP contribution >= 0.6 is 11.6 Å². The first-order chi connectivity index (χ1) is 10.1. The van der Waals surface area contributed by atoms with Crippen LogP contribution in [-0.4, -0.2) is 25.1 Å². The van der Waals surface area contributed by atoms with Gasteiger partial charge in [-0.3, -0.25) is 4.79 Å². The largest absolute Gasteiger partial charge is 0.489 e. The molecule has 1 fully saturated rings. The zero-order chi connectivity index (χ0) is 15.2. The fraction of sp³-hybridized carbons (Fsp3) is 0.562. The second-order valence-electron chi connectivity index (χ2n) is 5.66. The van der Waals surface area contributed by atoms with E-state index in [0.717, 1.165) is 25.0 Å². The van der Waals surface area contributed by atoms with Gasteiger partial charge < -0.3 is 15.8 Å². The van der Waals surface area contributed by atoms with Gasteiger partial charge in [-0.15, -0.1) is 0 Å². The predicted octanol–water partition coefficient (Wildman–Crippen LogP) is 2.60. The summed E-state index contributed by atoms with van der Waals surface area (Å²) in [6.07, 6.45) is 3.01. The van der Waals surface area contributed by atoms with Crippen LogP contribution in [-0.2, 0) is 4.79 Å². The van der Waals surface area contributed by atoms with E-state index in [1.165, 1.54) is 0 Å². The average molecular weight is 311 g/mol. The maximum atomic E-state index is 12.2. The zero-order valence-corrected chi connectivity index (χ0v) is 13.1. The molecule has 1 aromatic rings. The number of carbonyl (C=O) groups is 1. The first-order valence-electron chi connectivity index (χ1n) is 7.50. The van der Waals surface area contributed by atoms with Gasteiger partial charge in [0.25, 0.3) is 0 Å². The Bertz CT molecular complexity index is 464. The van der Waals surface area contributed by atoms with Crippen LogP contribution in [0.2, 0.25) is 5.02 Å². The highest BCUT2D eigenvalue weighted by Gasteiger charge is 2.31. The number of halogens is 1. The topological polar surface area (TPSA) is 64.4 Å². The van der Waals surface area contributed by atoms with Gasteiger partial charge in [-0.05, 0) is 56.5 Å². The van der Waals surface area contributed by atoms with Crippen molar-refractivity contribution in [1.82, 2.24) is 5.32 Å². The van der Waals surface area contributed by atoms with Crippen LogP contribution in [0, 0.1) is 11.8 Å². The molecule has 1 aromatic carbocycles. The quantitative estimate of drug-likeness (QED) is 0.849. The van der Waals surface area contributed by atoms with Gasteiger partial charge in [0.1, 0.15) is 11.9 Å². The normalized spacial score (nSPS) is 22.8. The molecule has 116 valence electrons. The minimum Gasteiger partial charge on any atom is -0.489 e. The maximum absolute atomic E-state index is 12.2. The smallest absolute Gasteiger partial charge is 0.223 e. The molecule has 3 N–H and O–H groups in total. The molecule has 0 radical (unpaired) electrons. The van der Waals surface area contributed by atoms with Gasteiger partial charge in [-0.2, -0.15) is 0 Å². The number of carbonyl (C=O) groups excluding carboxylic acids is 1. The Morgan fingerprint density at radius 2 is 2.14 bits per heavy atom. The van der Waals surface area contributed by atoms with Crippen LogP contribution in [0.25, 0.3) is 0 Å². The Morgan fingerprint density at radius 3 is 2.81 bits per heavy atom. The van der Waals surface area contributed by atoms with Crippen LogP contribution < -0.4 is 15.8 Å². The number of nitrogens with two attached hydrogens (primary N) is 1. The lowest BCUT2D eigenvalue weighted by molar-refractivity contribution is -0.126. The molecule has 0 aliphatic heterocycles. The van der Waals surface area contributed by atoms with Crippen molar-refractivity contribution in [2.45, 2.75) is 32.3 Å². The summed E-state index contributed by atoms with van der Waals surface area (Å²) in [5.74, 6) is 1.26. The Morgan fingerprint density at radius 1 is 1.43 bits per heavy atom. The van der Waals surface area contributed by atoms with Gasteiger partial charge in [-0.1, -0.05) is 18.0 Å². The van der Waals surface area contributed by atoms with Gasteiger partial charge in [-0.25, -0.2) is 0 Å². The van der Waals surface area contributed by atoms with Crippen LogP contribution in [0.15, 0.2) is 24.3 Å². The highest BCUT2D eigenvalue weighted by atomic mass is 35.5. The first-order valence-corrected chi connectivity index (χ1v) is 7.88. The molecule has 1 aliphatic carbocycles. The summed E-state index contributed by atoms with van der Waals surface area (Å²) in [6, 6.07) is 7.21. The molecule has 3 atom stereocenters. The van der Waals surface area contributed by atoms with E-state index < -0.39 is 0 Å². The maximum Gasteiger partial charge on any atom is 0.223 e. The van der Waals surface area contributed by atoms with Crippen LogP contribution in [0.3, 0.4) is 0 Å². The summed E-state index contributed by atoms with van der Waals surface area (Å²) in [5, 5.41) is 3.65. The minimum absolute atomic E-state index is 0.0673. The molecule has 4 nitrogen and oxygen atoms in total. The molecule has 5 heteroatoms. The molecule has 1 amide bonds. The molecule has 0 saturated heterocycles. The first kappa shape index (κ1) is 16.1. The van der Waals surface area contributed by atoms with E-state index in [9.17, 15) is 4.79 Å². The third-order valence-corrected chi connectivity index (χ3v) is 4.27. The Balaban J connectivity index is 1.77. The fourth-order valence-corrected chi connectivity index (χ4v) is 2.95. The number of rotatable bonds is 6. The predicted molar refractivity (Wildman–Crippen MR) is 84.4 cm³/mol. The summed E-state index contributed by atoms with van der Waals surface area (Å²) in [6.45, 7) is 3.02. The second-order valence-corrected chi connectivity index (χ2v) is 6.10. The lowest BCUT2D eigenvalue weighted by Crippen LogP contribution is -2.39. The summed E-state index contributed by atoms with van der Waals surface area (Å²) in [4.78, 5) is 12.2. The summed E-state index contributed by atoms with van der Waals surface area (Å²) >= 11 is 5.83. The van der Waals surface area contributed by atoms with E-state index in [0.29, 0.717) is 24.0 Å². The number of ether oxygens (including phenoxy) is 1. The third kappa shape index (κ3) is 4.61. The molecular formula is C16H23ClN2O2. The molecule has 1 aliphatic rings. The number of hydrogen-bond acceptors (Lipinski definition) is 3. The Labute approximate surface area is 131 Å². The van der Waals surface area contributed by atoms with Crippen LogP contribution in [0.1, 0.15) is 26.2 Å². The average Bonchev–Trinajstić information content (AvgIpc) is 2.96. The highest BCUT2D eigenvalue weighted by Crippen LogP contribution is 2.30. The SMILES string of the molecule is CC(CNC(=O)[C@@H]1CCC[C@@H]1CN)Oc1ccc(Cl)cc1. The summed E-state index contributed by atoms with van der Waals surface area (Å²) < 4.78 is 5.74. The molecule has 2 rings (SSSR count). The van der Waals surface area contributed by atoms with E-state index in [4.69, 9.17) is 22.1 Å². The number of hydrogen-bond donors (Lipinski definition) is 2. The van der Waals surface area contributed by atoms with Crippen molar-refractivity contribution in [2.24, 2.45) is 17.6 Å². The van der Waals surface area contributed by atoms with Crippen LogP contribution in [0.4, 0.5) is 0 Å². The van der Waals surface area contributed by atoms with Gasteiger partial charge in [0.05, 0.1) is 6.54 Å². The molecule has 0 aromatic heterocycles.